The standard InChI is InChI=1S/C26H26N8O/c1-28-26(35)33-12-8-16(9-13-33)25-32-22(23-24(27)30-11-14-34(23)25)20-15-17-5-4-6-18(21(17)31-20)19-7-2-3-10-29-19/h2-7,10-11,14-16,31H,8-9,12-13H2,1H3,(H2,27,30)(H,28,35). The number of amides is 2. The third-order valence-corrected chi connectivity index (χ3v) is 6.82. The minimum Gasteiger partial charge on any atom is -0.382 e. The van der Waals surface area contributed by atoms with Gasteiger partial charge in [-0.3, -0.25) is 9.38 Å². The van der Waals surface area contributed by atoms with Crippen molar-refractivity contribution >= 4 is 28.3 Å². The molecule has 4 aromatic heterocycles. The molecule has 0 bridgehead atoms. The van der Waals surface area contributed by atoms with E-state index >= 15 is 0 Å². The molecule has 9 nitrogen and oxygen atoms in total. The van der Waals surface area contributed by atoms with Crippen molar-refractivity contribution in [1.29, 1.82) is 0 Å². The zero-order valence-corrected chi connectivity index (χ0v) is 19.4. The normalized spacial score (nSPS) is 14.6. The first-order chi connectivity index (χ1) is 17.1. The summed E-state index contributed by atoms with van der Waals surface area (Å²) in [7, 11) is 1.66. The number of para-hydroxylation sites is 1. The molecule has 1 aromatic carbocycles. The highest BCUT2D eigenvalue weighted by Gasteiger charge is 2.28. The third-order valence-electron chi connectivity index (χ3n) is 6.82. The number of carbonyl (C=O) groups excluding carboxylic acids is 1. The Hall–Kier alpha value is -4.40. The zero-order valence-electron chi connectivity index (χ0n) is 19.4. The van der Waals surface area contributed by atoms with Gasteiger partial charge in [-0.15, -0.1) is 0 Å². The van der Waals surface area contributed by atoms with Gasteiger partial charge in [-0.05, 0) is 31.0 Å². The number of H-pyrrole nitrogens is 1. The first-order valence-electron chi connectivity index (χ1n) is 11.8. The monoisotopic (exact) mass is 466 g/mol. The number of fused-ring (bicyclic) bond motifs is 2. The van der Waals surface area contributed by atoms with E-state index in [0.29, 0.717) is 18.9 Å². The predicted octanol–water partition coefficient (Wildman–Crippen LogP) is 4.04. The third kappa shape index (κ3) is 3.56. The van der Waals surface area contributed by atoms with Gasteiger partial charge in [0, 0.05) is 55.6 Å². The van der Waals surface area contributed by atoms with Gasteiger partial charge in [-0.2, -0.15) is 0 Å². The number of nitrogens with zero attached hydrogens (tertiary/aromatic N) is 5. The molecule has 0 aliphatic carbocycles. The maximum atomic E-state index is 12.0. The number of imidazole rings is 1. The van der Waals surface area contributed by atoms with Crippen molar-refractivity contribution in [1.82, 2.24) is 34.6 Å². The van der Waals surface area contributed by atoms with Crippen molar-refractivity contribution in [2.45, 2.75) is 18.8 Å². The van der Waals surface area contributed by atoms with Gasteiger partial charge in [0.1, 0.15) is 22.9 Å². The van der Waals surface area contributed by atoms with E-state index < -0.39 is 0 Å². The number of piperidine rings is 1. The first kappa shape index (κ1) is 21.2. The van der Waals surface area contributed by atoms with Crippen LogP contribution in [0.15, 0.2) is 61.1 Å². The van der Waals surface area contributed by atoms with E-state index in [1.165, 1.54) is 0 Å². The van der Waals surface area contributed by atoms with Crippen LogP contribution < -0.4 is 11.1 Å². The van der Waals surface area contributed by atoms with Crippen molar-refractivity contribution in [2.75, 3.05) is 25.9 Å². The highest BCUT2D eigenvalue weighted by molar-refractivity contribution is 5.98. The molecule has 1 saturated heterocycles. The van der Waals surface area contributed by atoms with Crippen LogP contribution in [0.1, 0.15) is 24.6 Å². The van der Waals surface area contributed by atoms with Crippen molar-refractivity contribution in [3.8, 4) is 22.6 Å². The Bertz CT molecular complexity index is 1530. The summed E-state index contributed by atoms with van der Waals surface area (Å²) in [6, 6.07) is 14.2. The molecule has 0 unspecified atom stereocenters. The zero-order chi connectivity index (χ0) is 23.9. The second kappa shape index (κ2) is 8.43. The van der Waals surface area contributed by atoms with Gasteiger partial charge >= 0.3 is 6.03 Å². The molecule has 6 rings (SSSR count). The second-order valence-electron chi connectivity index (χ2n) is 8.83. The summed E-state index contributed by atoms with van der Waals surface area (Å²) in [5.74, 6) is 1.60. The summed E-state index contributed by atoms with van der Waals surface area (Å²) in [5.41, 5.74) is 11.8. The van der Waals surface area contributed by atoms with Crippen LogP contribution in [0.3, 0.4) is 0 Å². The lowest BCUT2D eigenvalue weighted by atomic mass is 9.96. The van der Waals surface area contributed by atoms with E-state index in [2.05, 4.69) is 42.9 Å². The van der Waals surface area contributed by atoms with Crippen LogP contribution >= 0.6 is 0 Å². The molecule has 4 N–H and O–H groups in total. The first-order valence-corrected chi connectivity index (χ1v) is 11.8. The van der Waals surface area contributed by atoms with Crippen molar-refractivity contribution in [3.63, 3.8) is 0 Å². The Morgan fingerprint density at radius 1 is 1.11 bits per heavy atom. The number of urea groups is 1. The predicted molar refractivity (Wildman–Crippen MR) is 136 cm³/mol. The SMILES string of the molecule is CNC(=O)N1CCC(c2nc(-c3cc4cccc(-c5ccccn5)c4[nH]3)c3c(N)nccn23)CC1. The molecule has 0 saturated carbocycles. The number of nitrogens with one attached hydrogen (secondary N) is 2. The number of nitrogens with two attached hydrogens (primary N) is 1. The number of aromatic nitrogens is 5. The van der Waals surface area contributed by atoms with Crippen LogP contribution in [-0.2, 0) is 0 Å². The molecule has 5 heterocycles. The van der Waals surface area contributed by atoms with Gasteiger partial charge in [-0.25, -0.2) is 14.8 Å². The van der Waals surface area contributed by atoms with Crippen LogP contribution in [0.4, 0.5) is 10.6 Å². The number of rotatable bonds is 3. The summed E-state index contributed by atoms with van der Waals surface area (Å²) in [5, 5.41) is 3.79. The topological polar surface area (TPSA) is 117 Å². The molecular formula is C26H26N8O. The van der Waals surface area contributed by atoms with Crippen molar-refractivity contribution in [3.05, 3.63) is 66.9 Å². The van der Waals surface area contributed by atoms with E-state index in [-0.39, 0.29) is 11.9 Å². The maximum Gasteiger partial charge on any atom is 0.317 e. The fourth-order valence-corrected chi connectivity index (χ4v) is 5.08. The molecule has 9 heteroatoms. The number of benzene rings is 1. The number of likely N-dealkylation sites (tertiary alicyclic amines) is 1. The highest BCUT2D eigenvalue weighted by Crippen LogP contribution is 2.36. The number of hydrogen-bond acceptors (Lipinski definition) is 5. The van der Waals surface area contributed by atoms with Gasteiger partial charge in [-0.1, -0.05) is 24.3 Å². The lowest BCUT2D eigenvalue weighted by molar-refractivity contribution is 0.182. The average molecular weight is 467 g/mol. The van der Waals surface area contributed by atoms with Crippen LogP contribution in [-0.4, -0.2) is 55.4 Å². The number of carbonyl (C=O) groups is 1. The molecule has 35 heavy (non-hydrogen) atoms. The molecule has 0 radical (unpaired) electrons. The Balaban J connectivity index is 1.45. The fraction of sp³-hybridized carbons (Fsp3) is 0.231. The Morgan fingerprint density at radius 2 is 1.97 bits per heavy atom. The highest BCUT2D eigenvalue weighted by atomic mass is 16.2. The Kier molecular flexibility index (Phi) is 5.09. The Labute approximate surface area is 202 Å². The van der Waals surface area contributed by atoms with E-state index in [9.17, 15) is 4.79 Å². The van der Waals surface area contributed by atoms with E-state index in [0.717, 1.165) is 57.7 Å². The number of hydrogen-bond donors (Lipinski definition) is 3. The van der Waals surface area contributed by atoms with Crippen LogP contribution in [0.5, 0.6) is 0 Å². The molecule has 1 aliphatic heterocycles. The van der Waals surface area contributed by atoms with Gasteiger partial charge < -0.3 is 20.9 Å². The fourth-order valence-electron chi connectivity index (χ4n) is 5.08. The van der Waals surface area contributed by atoms with E-state index in [1.807, 2.05) is 35.4 Å². The summed E-state index contributed by atoms with van der Waals surface area (Å²) >= 11 is 0. The van der Waals surface area contributed by atoms with Crippen LogP contribution in [0.25, 0.3) is 39.1 Å². The van der Waals surface area contributed by atoms with Gasteiger partial charge in [0.2, 0.25) is 0 Å². The van der Waals surface area contributed by atoms with Gasteiger partial charge in [0.25, 0.3) is 0 Å². The summed E-state index contributed by atoms with van der Waals surface area (Å²) in [6.07, 6.45) is 7.11. The molecule has 0 atom stereocenters. The largest absolute Gasteiger partial charge is 0.382 e. The number of anilines is 1. The van der Waals surface area contributed by atoms with Crippen LogP contribution in [0.2, 0.25) is 0 Å². The Morgan fingerprint density at radius 3 is 2.74 bits per heavy atom. The number of nitrogen functional groups attached to an aromatic ring is 1. The lowest BCUT2D eigenvalue weighted by Crippen LogP contribution is -2.42. The van der Waals surface area contributed by atoms with Crippen molar-refractivity contribution in [2.24, 2.45) is 0 Å². The number of aromatic amines is 1. The summed E-state index contributed by atoms with van der Waals surface area (Å²) in [4.78, 5) is 31.5. The smallest absolute Gasteiger partial charge is 0.317 e. The molecular weight excluding hydrogens is 440 g/mol. The van der Waals surface area contributed by atoms with Gasteiger partial charge in [0.15, 0.2) is 0 Å². The molecule has 0 spiro atoms. The van der Waals surface area contributed by atoms with Crippen LogP contribution in [0, 0.1) is 0 Å². The van der Waals surface area contributed by atoms with E-state index in [1.54, 1.807) is 19.4 Å². The average Bonchev–Trinajstić information content (AvgIpc) is 3.51. The molecule has 1 aliphatic rings. The molecule has 1 fully saturated rings. The molecule has 2 amide bonds. The van der Waals surface area contributed by atoms with E-state index in [4.69, 9.17) is 10.7 Å². The van der Waals surface area contributed by atoms with Crippen molar-refractivity contribution < 1.29 is 4.79 Å². The minimum atomic E-state index is -0.0349. The van der Waals surface area contributed by atoms with Gasteiger partial charge in [0.05, 0.1) is 16.9 Å². The second-order valence-corrected chi connectivity index (χ2v) is 8.83. The minimum absolute atomic E-state index is 0.0349. The quantitative estimate of drug-likeness (QED) is 0.371. The molecule has 5 aromatic rings. The lowest BCUT2D eigenvalue weighted by Gasteiger charge is -2.31. The summed E-state index contributed by atoms with van der Waals surface area (Å²) < 4.78 is 2.06. The molecule has 176 valence electrons. The maximum absolute atomic E-state index is 12.0. The summed E-state index contributed by atoms with van der Waals surface area (Å²) in [6.45, 7) is 1.38. The number of pyridine rings is 1.